The van der Waals surface area contributed by atoms with Gasteiger partial charge < -0.3 is 4.90 Å². The third-order valence-corrected chi connectivity index (χ3v) is 14.9. The lowest BCUT2D eigenvalue weighted by Gasteiger charge is -2.28. The van der Waals surface area contributed by atoms with E-state index in [4.69, 9.17) is 0 Å². The molecule has 0 bridgehead atoms. The van der Waals surface area contributed by atoms with Gasteiger partial charge in [0.25, 0.3) is 0 Å². The molecule has 0 atom stereocenters. The Morgan fingerprint density at radius 1 is 0.403 bits per heavy atom. The predicted octanol–water partition coefficient (Wildman–Crippen LogP) is 17.7. The van der Waals surface area contributed by atoms with Crippen LogP contribution in [-0.4, -0.2) is 0 Å². The lowest BCUT2D eigenvalue weighted by Crippen LogP contribution is -2.17. The van der Waals surface area contributed by atoms with E-state index < -0.39 is 0 Å². The summed E-state index contributed by atoms with van der Waals surface area (Å²) in [6.07, 6.45) is 13.4. The van der Waals surface area contributed by atoms with Gasteiger partial charge in [-0.05, 0) is 151 Å². The largest absolute Gasteiger partial charge is 0.310 e. The van der Waals surface area contributed by atoms with Crippen LogP contribution in [0.1, 0.15) is 112 Å². The van der Waals surface area contributed by atoms with Gasteiger partial charge in [-0.25, -0.2) is 0 Å². The van der Waals surface area contributed by atoms with Gasteiger partial charge >= 0.3 is 0 Å². The van der Waals surface area contributed by atoms with E-state index in [0.717, 1.165) is 17.3 Å². The average molecular weight is 804 g/mol. The van der Waals surface area contributed by atoms with E-state index in [1.165, 1.54) is 142 Å². The third-order valence-electron chi connectivity index (χ3n) is 14.9. The van der Waals surface area contributed by atoms with Crippen LogP contribution in [0.4, 0.5) is 17.1 Å². The molecule has 8 aromatic rings. The second-order valence-corrected chi connectivity index (χ2v) is 18.9. The minimum atomic E-state index is -0.0988. The summed E-state index contributed by atoms with van der Waals surface area (Å²) >= 11 is 0. The molecule has 306 valence electrons. The maximum absolute atomic E-state index is 2.50. The lowest BCUT2D eigenvalue weighted by molar-refractivity contribution is 0.443. The fourth-order valence-corrected chi connectivity index (χ4v) is 11.5. The molecular formula is C61H57N. The summed E-state index contributed by atoms with van der Waals surface area (Å²) in [4.78, 5) is 2.47. The van der Waals surface area contributed by atoms with E-state index in [9.17, 15) is 0 Å². The first-order chi connectivity index (χ1) is 30.5. The second-order valence-electron chi connectivity index (χ2n) is 18.9. The van der Waals surface area contributed by atoms with Crippen molar-refractivity contribution in [3.05, 3.63) is 198 Å². The summed E-state index contributed by atoms with van der Waals surface area (Å²) in [5.41, 5.74) is 19.8. The number of anilines is 3. The molecule has 3 aliphatic carbocycles. The SMILES string of the molecule is CC1(C)c2cc(N(c3ccc(-c4ccc(C5CCCCC5)cc4)cc3)c3ccc(-c4ccc5ccccc5c4-c4ccccc4)cc3)ccc2-c2c(C3CCCCC3)cccc21. The smallest absolute Gasteiger partial charge is 0.0465 e. The second kappa shape index (κ2) is 16.3. The molecule has 0 aliphatic heterocycles. The number of hydrogen-bond acceptors (Lipinski definition) is 1. The molecule has 0 saturated heterocycles. The van der Waals surface area contributed by atoms with Crippen LogP contribution in [0, 0.1) is 0 Å². The number of benzene rings is 8. The van der Waals surface area contributed by atoms with Crippen molar-refractivity contribution in [1.82, 2.24) is 0 Å². The van der Waals surface area contributed by atoms with Crippen molar-refractivity contribution in [1.29, 1.82) is 0 Å². The molecule has 0 spiro atoms. The van der Waals surface area contributed by atoms with Crippen molar-refractivity contribution >= 4 is 27.8 Å². The third kappa shape index (κ3) is 6.97. The van der Waals surface area contributed by atoms with Crippen molar-refractivity contribution in [3.8, 4) is 44.5 Å². The highest BCUT2D eigenvalue weighted by atomic mass is 15.1. The van der Waals surface area contributed by atoms with Crippen LogP contribution in [0.3, 0.4) is 0 Å². The molecule has 0 unspecified atom stereocenters. The van der Waals surface area contributed by atoms with Gasteiger partial charge in [0.1, 0.15) is 0 Å². The zero-order chi connectivity index (χ0) is 41.6. The van der Waals surface area contributed by atoms with Crippen molar-refractivity contribution in [2.24, 2.45) is 0 Å². The van der Waals surface area contributed by atoms with Crippen LogP contribution in [0.2, 0.25) is 0 Å². The normalized spacial score (nSPS) is 16.2. The molecule has 0 amide bonds. The van der Waals surface area contributed by atoms with Gasteiger partial charge in [-0.1, -0.05) is 192 Å². The Labute approximate surface area is 369 Å². The van der Waals surface area contributed by atoms with E-state index in [-0.39, 0.29) is 5.41 Å². The van der Waals surface area contributed by atoms with Gasteiger partial charge in [-0.2, -0.15) is 0 Å². The molecule has 62 heavy (non-hydrogen) atoms. The standard InChI is InChI=1S/C61H57N/c1-61(2)57-24-14-23-54(46-17-8-4-9-18-46)60(57)56-40-38-52(41-58(56)61)62(50-34-29-45(30-35-50)44-27-25-43(26-28-44)42-15-6-3-7-16-42)51-36-31-48(32-37-51)55-39-33-47-19-12-13-22-53(47)59(55)49-20-10-5-11-21-49/h5,10-14,19-42,46H,3-4,6-9,15-18H2,1-2H3. The highest BCUT2D eigenvalue weighted by Gasteiger charge is 2.38. The Bertz CT molecular complexity index is 2850. The molecule has 0 N–H and O–H groups in total. The van der Waals surface area contributed by atoms with Gasteiger partial charge in [-0.15, -0.1) is 0 Å². The minimum absolute atomic E-state index is 0.0988. The van der Waals surface area contributed by atoms with Gasteiger partial charge in [0.05, 0.1) is 0 Å². The van der Waals surface area contributed by atoms with Crippen LogP contribution in [-0.2, 0) is 5.41 Å². The van der Waals surface area contributed by atoms with E-state index >= 15 is 0 Å². The highest BCUT2D eigenvalue weighted by molar-refractivity contribution is 6.04. The molecule has 1 nitrogen and oxygen atoms in total. The molecule has 0 heterocycles. The van der Waals surface area contributed by atoms with Crippen LogP contribution in [0.5, 0.6) is 0 Å². The topological polar surface area (TPSA) is 3.24 Å². The fourth-order valence-electron chi connectivity index (χ4n) is 11.5. The Kier molecular flexibility index (Phi) is 10.2. The first-order valence-electron chi connectivity index (χ1n) is 23.5. The zero-order valence-electron chi connectivity index (χ0n) is 36.4. The lowest BCUT2D eigenvalue weighted by atomic mass is 9.78. The summed E-state index contributed by atoms with van der Waals surface area (Å²) in [6.45, 7) is 4.88. The number of nitrogens with zero attached hydrogens (tertiary/aromatic N) is 1. The molecule has 2 fully saturated rings. The van der Waals surface area contributed by atoms with Crippen molar-refractivity contribution in [2.45, 2.75) is 95.3 Å². The zero-order valence-corrected chi connectivity index (χ0v) is 36.4. The maximum Gasteiger partial charge on any atom is 0.0465 e. The van der Waals surface area contributed by atoms with E-state index in [0.29, 0.717) is 5.92 Å². The number of hydrogen-bond donors (Lipinski definition) is 0. The summed E-state index contributed by atoms with van der Waals surface area (Å²) in [7, 11) is 0. The summed E-state index contributed by atoms with van der Waals surface area (Å²) in [6, 6.07) is 66.7. The average Bonchev–Trinajstić information content (AvgIpc) is 3.58. The molecule has 0 radical (unpaired) electrons. The predicted molar refractivity (Wildman–Crippen MR) is 264 cm³/mol. The quantitative estimate of drug-likeness (QED) is 0.148. The monoisotopic (exact) mass is 803 g/mol. The molecule has 1 heteroatoms. The van der Waals surface area contributed by atoms with E-state index in [1.54, 1.807) is 5.56 Å². The van der Waals surface area contributed by atoms with Crippen LogP contribution < -0.4 is 4.90 Å². The molecular weight excluding hydrogens is 747 g/mol. The minimum Gasteiger partial charge on any atom is -0.310 e. The Hall–Kier alpha value is -6.18. The molecule has 8 aromatic carbocycles. The molecule has 0 aromatic heterocycles. The van der Waals surface area contributed by atoms with E-state index in [1.807, 2.05) is 0 Å². The molecule has 11 rings (SSSR count). The van der Waals surface area contributed by atoms with Gasteiger partial charge in [0.2, 0.25) is 0 Å². The van der Waals surface area contributed by atoms with Crippen LogP contribution >= 0.6 is 0 Å². The Morgan fingerprint density at radius 2 is 0.984 bits per heavy atom. The Balaban J connectivity index is 0.999. The Morgan fingerprint density at radius 3 is 1.68 bits per heavy atom. The van der Waals surface area contributed by atoms with Gasteiger partial charge in [0.15, 0.2) is 0 Å². The van der Waals surface area contributed by atoms with Crippen LogP contribution in [0.25, 0.3) is 55.3 Å². The molecule has 2 saturated carbocycles. The first kappa shape index (κ1) is 38.7. The summed E-state index contributed by atoms with van der Waals surface area (Å²) < 4.78 is 0. The van der Waals surface area contributed by atoms with Gasteiger partial charge in [-0.3, -0.25) is 0 Å². The van der Waals surface area contributed by atoms with Crippen molar-refractivity contribution in [2.75, 3.05) is 4.90 Å². The fraction of sp³-hybridized carbons (Fsp3) is 0.246. The van der Waals surface area contributed by atoms with Gasteiger partial charge in [0, 0.05) is 22.5 Å². The maximum atomic E-state index is 2.50. The number of rotatable bonds is 8. The highest BCUT2D eigenvalue weighted by Crippen LogP contribution is 2.54. The van der Waals surface area contributed by atoms with Crippen LogP contribution in [0.15, 0.2) is 176 Å². The van der Waals surface area contributed by atoms with E-state index in [2.05, 4.69) is 195 Å². The first-order valence-corrected chi connectivity index (χ1v) is 23.5. The summed E-state index contributed by atoms with van der Waals surface area (Å²) in [5, 5.41) is 2.54. The van der Waals surface area contributed by atoms with Crippen molar-refractivity contribution < 1.29 is 0 Å². The summed E-state index contributed by atoms with van der Waals surface area (Å²) in [5.74, 6) is 1.37. The molecule has 3 aliphatic rings. The van der Waals surface area contributed by atoms with Crippen molar-refractivity contribution in [3.63, 3.8) is 0 Å². The number of fused-ring (bicyclic) bond motifs is 4.